The van der Waals surface area contributed by atoms with Crippen molar-refractivity contribution in [3.8, 4) is 6.01 Å². The van der Waals surface area contributed by atoms with Gasteiger partial charge in [-0.2, -0.15) is 4.98 Å². The predicted octanol–water partition coefficient (Wildman–Crippen LogP) is 2.70. The van der Waals surface area contributed by atoms with Gasteiger partial charge in [0, 0.05) is 30.9 Å². The standard InChI is InChI=1S/C14H22N4O/c1-5-6-12-15-7-8-18(12)13-17-11(10-19-13)9-16-14(2,3)4/h7-8,10,16H,5-6,9H2,1-4H3. The molecule has 2 aromatic rings. The van der Waals surface area contributed by atoms with Crippen LogP contribution in [0.5, 0.6) is 0 Å². The number of hydrogen-bond donors (Lipinski definition) is 1. The molecule has 0 amide bonds. The first-order valence-corrected chi connectivity index (χ1v) is 6.71. The van der Waals surface area contributed by atoms with Crippen LogP contribution >= 0.6 is 0 Å². The van der Waals surface area contributed by atoms with E-state index in [2.05, 4.69) is 43.0 Å². The molecule has 5 nitrogen and oxygen atoms in total. The minimum atomic E-state index is 0.0709. The molecule has 0 radical (unpaired) electrons. The molecular formula is C14H22N4O. The van der Waals surface area contributed by atoms with E-state index in [1.807, 2.05) is 10.8 Å². The fourth-order valence-corrected chi connectivity index (χ4v) is 1.76. The summed E-state index contributed by atoms with van der Waals surface area (Å²) in [6, 6.07) is 0.589. The molecule has 0 aliphatic heterocycles. The zero-order valence-electron chi connectivity index (χ0n) is 12.1. The number of oxazole rings is 1. The summed E-state index contributed by atoms with van der Waals surface area (Å²) in [5.41, 5.74) is 0.975. The van der Waals surface area contributed by atoms with Crippen molar-refractivity contribution in [1.82, 2.24) is 19.9 Å². The molecule has 0 aliphatic rings. The molecule has 19 heavy (non-hydrogen) atoms. The van der Waals surface area contributed by atoms with Gasteiger partial charge in [-0.25, -0.2) is 4.98 Å². The van der Waals surface area contributed by atoms with Crippen molar-refractivity contribution in [2.75, 3.05) is 0 Å². The molecule has 2 heterocycles. The van der Waals surface area contributed by atoms with Gasteiger partial charge < -0.3 is 9.73 Å². The molecule has 0 saturated carbocycles. The van der Waals surface area contributed by atoms with Crippen molar-refractivity contribution >= 4 is 0 Å². The molecule has 0 bridgehead atoms. The van der Waals surface area contributed by atoms with Crippen molar-refractivity contribution in [1.29, 1.82) is 0 Å². The number of hydrogen-bond acceptors (Lipinski definition) is 4. The molecule has 1 N–H and O–H groups in total. The highest BCUT2D eigenvalue weighted by Crippen LogP contribution is 2.12. The van der Waals surface area contributed by atoms with Crippen molar-refractivity contribution in [2.45, 2.75) is 52.6 Å². The summed E-state index contributed by atoms with van der Waals surface area (Å²) in [5, 5.41) is 3.39. The van der Waals surface area contributed by atoms with E-state index in [0.717, 1.165) is 24.4 Å². The van der Waals surface area contributed by atoms with Crippen LogP contribution in [0.4, 0.5) is 0 Å². The smallest absolute Gasteiger partial charge is 0.307 e. The Morgan fingerprint density at radius 2 is 2.16 bits per heavy atom. The highest BCUT2D eigenvalue weighted by molar-refractivity contribution is 5.14. The van der Waals surface area contributed by atoms with E-state index < -0.39 is 0 Å². The number of aryl methyl sites for hydroxylation is 1. The Morgan fingerprint density at radius 1 is 1.37 bits per heavy atom. The molecule has 0 aliphatic carbocycles. The van der Waals surface area contributed by atoms with Crippen molar-refractivity contribution in [3.05, 3.63) is 30.2 Å². The number of imidazole rings is 1. The summed E-state index contributed by atoms with van der Waals surface area (Å²) >= 11 is 0. The monoisotopic (exact) mass is 262 g/mol. The zero-order chi connectivity index (χ0) is 13.9. The average Bonchev–Trinajstić information content (AvgIpc) is 2.93. The first-order valence-electron chi connectivity index (χ1n) is 6.71. The Morgan fingerprint density at radius 3 is 2.84 bits per heavy atom. The SMILES string of the molecule is CCCc1nccn1-c1nc(CNC(C)(C)C)co1. The van der Waals surface area contributed by atoms with Crippen LogP contribution in [0.3, 0.4) is 0 Å². The maximum atomic E-state index is 5.53. The average molecular weight is 262 g/mol. The van der Waals surface area contributed by atoms with Crippen molar-refractivity contribution in [3.63, 3.8) is 0 Å². The maximum Gasteiger partial charge on any atom is 0.307 e. The van der Waals surface area contributed by atoms with Crippen LogP contribution in [0.1, 0.15) is 45.6 Å². The fourth-order valence-electron chi connectivity index (χ4n) is 1.76. The molecule has 2 rings (SSSR count). The predicted molar refractivity (Wildman–Crippen MR) is 74.2 cm³/mol. The van der Waals surface area contributed by atoms with Crippen LogP contribution in [0.25, 0.3) is 6.01 Å². The Bertz CT molecular complexity index is 522. The van der Waals surface area contributed by atoms with Gasteiger partial charge in [0.05, 0.1) is 5.69 Å². The second kappa shape index (κ2) is 5.57. The topological polar surface area (TPSA) is 55.9 Å². The molecular weight excluding hydrogens is 240 g/mol. The molecule has 0 fully saturated rings. The van der Waals surface area contributed by atoms with Gasteiger partial charge in [-0.3, -0.25) is 4.57 Å². The van der Waals surface area contributed by atoms with E-state index in [1.54, 1.807) is 12.5 Å². The Kier molecular flexibility index (Phi) is 4.04. The van der Waals surface area contributed by atoms with Crippen LogP contribution in [0.2, 0.25) is 0 Å². The van der Waals surface area contributed by atoms with Crippen LogP contribution in [0, 0.1) is 0 Å². The van der Waals surface area contributed by atoms with Gasteiger partial charge in [-0.05, 0) is 27.2 Å². The third-order valence-electron chi connectivity index (χ3n) is 2.74. The normalized spacial score (nSPS) is 12.0. The molecule has 0 aromatic carbocycles. The minimum absolute atomic E-state index is 0.0709. The summed E-state index contributed by atoms with van der Waals surface area (Å²) in [4.78, 5) is 8.82. The Labute approximate surface area is 114 Å². The molecule has 0 saturated heterocycles. The highest BCUT2D eigenvalue weighted by Gasteiger charge is 2.13. The minimum Gasteiger partial charge on any atom is -0.431 e. The first-order chi connectivity index (χ1) is 8.99. The quantitative estimate of drug-likeness (QED) is 0.900. The Balaban J connectivity index is 2.10. The summed E-state index contributed by atoms with van der Waals surface area (Å²) in [5.74, 6) is 0.986. The second-order valence-corrected chi connectivity index (χ2v) is 5.69. The zero-order valence-corrected chi connectivity index (χ0v) is 12.1. The third kappa shape index (κ3) is 3.67. The second-order valence-electron chi connectivity index (χ2n) is 5.69. The van der Waals surface area contributed by atoms with Gasteiger partial charge in [-0.15, -0.1) is 0 Å². The van der Waals surface area contributed by atoms with Gasteiger partial charge in [-0.1, -0.05) is 6.92 Å². The van der Waals surface area contributed by atoms with Crippen LogP contribution in [-0.2, 0) is 13.0 Å². The van der Waals surface area contributed by atoms with E-state index in [9.17, 15) is 0 Å². The lowest BCUT2D eigenvalue weighted by Gasteiger charge is -2.19. The summed E-state index contributed by atoms with van der Waals surface area (Å²) in [6.45, 7) is 9.22. The van der Waals surface area contributed by atoms with Gasteiger partial charge in [0.2, 0.25) is 0 Å². The molecule has 104 valence electrons. The number of nitrogens with zero attached hydrogens (tertiary/aromatic N) is 3. The lowest BCUT2D eigenvalue weighted by Crippen LogP contribution is -2.35. The van der Waals surface area contributed by atoms with Crippen LogP contribution in [-0.4, -0.2) is 20.1 Å². The lowest BCUT2D eigenvalue weighted by atomic mass is 10.1. The molecule has 5 heteroatoms. The van der Waals surface area contributed by atoms with Gasteiger partial charge >= 0.3 is 6.01 Å². The van der Waals surface area contributed by atoms with E-state index in [1.165, 1.54) is 0 Å². The molecule has 0 atom stereocenters. The molecule has 2 aromatic heterocycles. The van der Waals surface area contributed by atoms with Crippen molar-refractivity contribution in [2.24, 2.45) is 0 Å². The van der Waals surface area contributed by atoms with E-state index in [-0.39, 0.29) is 5.54 Å². The summed E-state index contributed by atoms with van der Waals surface area (Å²) in [6.07, 6.45) is 7.34. The number of rotatable bonds is 5. The van der Waals surface area contributed by atoms with E-state index >= 15 is 0 Å². The summed E-state index contributed by atoms with van der Waals surface area (Å²) in [7, 11) is 0. The molecule has 0 spiro atoms. The lowest BCUT2D eigenvalue weighted by molar-refractivity contribution is 0.421. The van der Waals surface area contributed by atoms with Crippen LogP contribution < -0.4 is 5.32 Å². The van der Waals surface area contributed by atoms with Gasteiger partial charge in [0.25, 0.3) is 0 Å². The van der Waals surface area contributed by atoms with Crippen molar-refractivity contribution < 1.29 is 4.42 Å². The van der Waals surface area contributed by atoms with Gasteiger partial charge in [0.15, 0.2) is 0 Å². The van der Waals surface area contributed by atoms with Crippen LogP contribution in [0.15, 0.2) is 23.1 Å². The first kappa shape index (κ1) is 13.8. The van der Waals surface area contributed by atoms with E-state index in [4.69, 9.17) is 4.42 Å². The third-order valence-corrected chi connectivity index (χ3v) is 2.74. The number of aromatic nitrogens is 3. The van der Waals surface area contributed by atoms with Gasteiger partial charge in [0.1, 0.15) is 12.1 Å². The molecule has 0 unspecified atom stereocenters. The summed E-state index contributed by atoms with van der Waals surface area (Å²) < 4.78 is 7.44. The fraction of sp³-hybridized carbons (Fsp3) is 0.571. The largest absolute Gasteiger partial charge is 0.431 e. The Hall–Kier alpha value is -1.62. The maximum absolute atomic E-state index is 5.53. The van der Waals surface area contributed by atoms with E-state index in [0.29, 0.717) is 12.6 Å². The number of nitrogens with one attached hydrogen (secondary N) is 1. The highest BCUT2D eigenvalue weighted by atomic mass is 16.4.